The number of benzene rings is 1. The van der Waals surface area contributed by atoms with Gasteiger partial charge in [0.25, 0.3) is 0 Å². The zero-order valence-corrected chi connectivity index (χ0v) is 22.3. The Morgan fingerprint density at radius 3 is 2.25 bits per heavy atom. The second-order valence-electron chi connectivity index (χ2n) is 9.58. The minimum Gasteiger partial charge on any atom is -0.369 e. The topological polar surface area (TPSA) is 108 Å². The molecule has 0 unspecified atom stereocenters. The van der Waals surface area contributed by atoms with Crippen LogP contribution in [0, 0.1) is 6.92 Å². The maximum absolute atomic E-state index is 4.60. The van der Waals surface area contributed by atoms with E-state index in [1.807, 2.05) is 43.5 Å². The summed E-state index contributed by atoms with van der Waals surface area (Å²) < 4.78 is 0. The van der Waals surface area contributed by atoms with Crippen molar-refractivity contribution in [3.63, 3.8) is 0 Å². The average molecular weight is 531 g/mol. The van der Waals surface area contributed by atoms with Gasteiger partial charge < -0.3 is 15.5 Å². The molecule has 10 nitrogen and oxygen atoms in total. The molecular formula is C30H30N10. The number of rotatable bonds is 8. The van der Waals surface area contributed by atoms with E-state index in [4.69, 9.17) is 0 Å². The van der Waals surface area contributed by atoms with Crippen molar-refractivity contribution in [1.82, 2.24) is 34.8 Å². The summed E-state index contributed by atoms with van der Waals surface area (Å²) in [6.07, 6.45) is 5.27. The van der Waals surface area contributed by atoms with E-state index in [2.05, 4.69) is 80.7 Å². The third kappa shape index (κ3) is 6.36. The van der Waals surface area contributed by atoms with Gasteiger partial charge in [0.2, 0.25) is 5.95 Å². The predicted octanol–water partition coefficient (Wildman–Crippen LogP) is 4.84. The minimum absolute atomic E-state index is 0.496. The average Bonchev–Trinajstić information content (AvgIpc) is 2.99. The van der Waals surface area contributed by atoms with Crippen molar-refractivity contribution in [2.24, 2.45) is 0 Å². The molecule has 2 N–H and O–H groups in total. The quantitative estimate of drug-likeness (QED) is 0.289. The van der Waals surface area contributed by atoms with Crippen LogP contribution in [0.4, 0.5) is 29.0 Å². The molecule has 1 saturated heterocycles. The molecule has 0 amide bonds. The first-order valence-corrected chi connectivity index (χ1v) is 13.3. The lowest BCUT2D eigenvalue weighted by Crippen LogP contribution is -2.46. The van der Waals surface area contributed by atoms with Crippen LogP contribution in [0.15, 0.2) is 91.4 Å². The van der Waals surface area contributed by atoms with E-state index in [1.165, 1.54) is 5.69 Å². The molecule has 6 rings (SSSR count). The van der Waals surface area contributed by atoms with E-state index >= 15 is 0 Å². The van der Waals surface area contributed by atoms with Gasteiger partial charge in [0.15, 0.2) is 5.82 Å². The van der Waals surface area contributed by atoms with Gasteiger partial charge in [0.1, 0.15) is 17.3 Å². The van der Waals surface area contributed by atoms with Crippen molar-refractivity contribution < 1.29 is 0 Å². The number of nitrogens with zero attached hydrogens (tertiary/aromatic N) is 8. The second kappa shape index (κ2) is 11.8. The fourth-order valence-corrected chi connectivity index (χ4v) is 4.61. The Kier molecular flexibility index (Phi) is 7.49. The molecule has 40 heavy (non-hydrogen) atoms. The molecule has 0 aliphatic carbocycles. The predicted molar refractivity (Wildman–Crippen MR) is 157 cm³/mol. The maximum Gasteiger partial charge on any atom is 0.229 e. The summed E-state index contributed by atoms with van der Waals surface area (Å²) in [4.78, 5) is 31.8. The highest BCUT2D eigenvalue weighted by molar-refractivity contribution is 5.62. The zero-order valence-electron chi connectivity index (χ0n) is 22.3. The van der Waals surface area contributed by atoms with Gasteiger partial charge >= 0.3 is 0 Å². The second-order valence-corrected chi connectivity index (χ2v) is 9.58. The number of anilines is 5. The standard InChI is InChI=1S/C30H30N10/c1-22-5-4-7-26(34-22)29-32-15-12-27(37-29)36-28-13-16-33-30(38-28)35-23-8-10-25(11-9-23)40-19-17-39(18-20-40)21-24-6-2-3-14-31-24/h2-16H,17-21H2,1H3,(H2,32,33,35,36,37,38). The van der Waals surface area contributed by atoms with Crippen LogP contribution in [-0.4, -0.2) is 61.0 Å². The van der Waals surface area contributed by atoms with Gasteiger partial charge in [-0.05, 0) is 67.6 Å². The van der Waals surface area contributed by atoms with E-state index in [1.54, 1.807) is 24.5 Å². The summed E-state index contributed by atoms with van der Waals surface area (Å²) >= 11 is 0. The molecule has 1 fully saturated rings. The molecule has 0 atom stereocenters. The maximum atomic E-state index is 4.60. The van der Waals surface area contributed by atoms with Gasteiger partial charge in [-0.1, -0.05) is 12.1 Å². The van der Waals surface area contributed by atoms with Crippen molar-refractivity contribution in [3.8, 4) is 11.5 Å². The third-order valence-electron chi connectivity index (χ3n) is 6.66. The number of aryl methyl sites for hydroxylation is 1. The van der Waals surface area contributed by atoms with Crippen LogP contribution >= 0.6 is 0 Å². The summed E-state index contributed by atoms with van der Waals surface area (Å²) in [6.45, 7) is 6.84. The highest BCUT2D eigenvalue weighted by atomic mass is 15.3. The van der Waals surface area contributed by atoms with Crippen LogP contribution < -0.4 is 15.5 Å². The SMILES string of the molecule is Cc1cccc(-c2nccc(Nc3ccnc(Nc4ccc(N5CCN(Cc6ccccn6)CC5)cc4)n3)n2)n1. The smallest absolute Gasteiger partial charge is 0.229 e. The van der Waals surface area contributed by atoms with Crippen LogP contribution in [0.25, 0.3) is 11.5 Å². The molecule has 1 aromatic carbocycles. The van der Waals surface area contributed by atoms with Gasteiger partial charge in [0.05, 0.1) is 5.69 Å². The highest BCUT2D eigenvalue weighted by Crippen LogP contribution is 2.23. The van der Waals surface area contributed by atoms with Gasteiger partial charge in [-0.15, -0.1) is 0 Å². The number of pyridine rings is 2. The Bertz CT molecular complexity index is 1550. The van der Waals surface area contributed by atoms with Gasteiger partial charge in [-0.3, -0.25) is 9.88 Å². The molecule has 0 bridgehead atoms. The molecule has 0 spiro atoms. The normalized spacial score (nSPS) is 13.7. The first-order chi connectivity index (χ1) is 19.7. The number of hydrogen-bond acceptors (Lipinski definition) is 10. The lowest BCUT2D eigenvalue weighted by atomic mass is 10.2. The number of piperazine rings is 1. The fraction of sp³-hybridized carbons (Fsp3) is 0.200. The first kappa shape index (κ1) is 25.3. The van der Waals surface area contributed by atoms with E-state index < -0.39 is 0 Å². The summed E-state index contributed by atoms with van der Waals surface area (Å²) in [5, 5.41) is 6.54. The summed E-state index contributed by atoms with van der Waals surface area (Å²) in [5.41, 5.74) is 4.89. The molecule has 200 valence electrons. The van der Waals surface area contributed by atoms with Gasteiger partial charge in [0, 0.05) is 68.4 Å². The first-order valence-electron chi connectivity index (χ1n) is 13.3. The lowest BCUT2D eigenvalue weighted by Gasteiger charge is -2.36. The summed E-state index contributed by atoms with van der Waals surface area (Å²) in [5.74, 6) is 2.30. The van der Waals surface area contributed by atoms with Gasteiger partial charge in [-0.2, -0.15) is 4.98 Å². The van der Waals surface area contributed by atoms with Crippen LogP contribution in [0.1, 0.15) is 11.4 Å². The third-order valence-corrected chi connectivity index (χ3v) is 6.66. The molecule has 4 aromatic heterocycles. The number of aromatic nitrogens is 6. The fourth-order valence-electron chi connectivity index (χ4n) is 4.61. The van der Waals surface area contributed by atoms with E-state index in [9.17, 15) is 0 Å². The van der Waals surface area contributed by atoms with Crippen LogP contribution in [-0.2, 0) is 6.54 Å². The zero-order chi connectivity index (χ0) is 27.1. The van der Waals surface area contributed by atoms with Crippen molar-refractivity contribution in [3.05, 3.63) is 103 Å². The Morgan fingerprint density at radius 1 is 0.675 bits per heavy atom. The van der Waals surface area contributed by atoms with E-state index in [0.717, 1.165) is 55.5 Å². The van der Waals surface area contributed by atoms with E-state index in [-0.39, 0.29) is 0 Å². The largest absolute Gasteiger partial charge is 0.369 e. The summed E-state index contributed by atoms with van der Waals surface area (Å²) in [7, 11) is 0. The summed E-state index contributed by atoms with van der Waals surface area (Å²) in [6, 6.07) is 23.9. The van der Waals surface area contributed by atoms with Crippen LogP contribution in [0.3, 0.4) is 0 Å². The molecule has 10 heteroatoms. The number of nitrogens with one attached hydrogen (secondary N) is 2. The lowest BCUT2D eigenvalue weighted by molar-refractivity contribution is 0.247. The van der Waals surface area contributed by atoms with Crippen molar-refractivity contribution >= 4 is 29.0 Å². The Labute approximate surface area is 233 Å². The Morgan fingerprint density at radius 2 is 1.48 bits per heavy atom. The highest BCUT2D eigenvalue weighted by Gasteiger charge is 2.17. The van der Waals surface area contributed by atoms with Crippen LogP contribution in [0.5, 0.6) is 0 Å². The molecule has 1 aliphatic rings. The molecule has 0 saturated carbocycles. The van der Waals surface area contributed by atoms with Crippen molar-refractivity contribution in [2.45, 2.75) is 13.5 Å². The Balaban J connectivity index is 1.05. The Hall–Kier alpha value is -4.96. The van der Waals surface area contributed by atoms with E-state index in [0.29, 0.717) is 23.4 Å². The van der Waals surface area contributed by atoms with Gasteiger partial charge in [-0.25, -0.2) is 19.9 Å². The minimum atomic E-state index is 0.496. The van der Waals surface area contributed by atoms with Crippen LogP contribution in [0.2, 0.25) is 0 Å². The molecule has 5 aromatic rings. The number of hydrogen-bond donors (Lipinski definition) is 2. The molecular weight excluding hydrogens is 500 g/mol. The van der Waals surface area contributed by atoms with Crippen molar-refractivity contribution in [2.75, 3.05) is 41.7 Å². The molecule has 5 heterocycles. The molecule has 1 aliphatic heterocycles. The monoisotopic (exact) mass is 530 g/mol. The molecule has 0 radical (unpaired) electrons. The van der Waals surface area contributed by atoms with Crippen molar-refractivity contribution in [1.29, 1.82) is 0 Å².